The number of aromatic nitrogens is 2. The van der Waals surface area contributed by atoms with E-state index in [-0.39, 0.29) is 6.61 Å². The van der Waals surface area contributed by atoms with E-state index in [1.807, 2.05) is 20.2 Å². The molecule has 0 aliphatic heterocycles. The molecule has 1 heterocycles. The number of benzene rings is 1. The maximum Gasteiger partial charge on any atom is 0.166 e. The molecule has 1 N–H and O–H groups in total. The minimum absolute atomic E-state index is 0.290. The predicted octanol–water partition coefficient (Wildman–Crippen LogP) is 3.03. The molecular weight excluding hydrogens is 313 g/mol. The lowest BCUT2D eigenvalue weighted by Crippen LogP contribution is -2.10. The summed E-state index contributed by atoms with van der Waals surface area (Å²) < 4.78 is 13.0. The molecule has 2 aromatic rings. The van der Waals surface area contributed by atoms with Crippen LogP contribution in [0, 0.1) is 0 Å². The van der Waals surface area contributed by atoms with Gasteiger partial charge in [-0.05, 0) is 13.1 Å². The third kappa shape index (κ3) is 3.61. The van der Waals surface area contributed by atoms with Crippen LogP contribution in [0.15, 0.2) is 18.3 Å². The van der Waals surface area contributed by atoms with Gasteiger partial charge in [0.1, 0.15) is 17.6 Å². The Morgan fingerprint density at radius 1 is 1.33 bits per heavy atom. The molecule has 5 nitrogen and oxygen atoms in total. The van der Waals surface area contributed by atoms with Crippen molar-refractivity contribution in [2.24, 2.45) is 7.05 Å². The Balaban J connectivity index is 2.27. The van der Waals surface area contributed by atoms with Crippen molar-refractivity contribution in [1.82, 2.24) is 14.9 Å². The second-order valence-corrected chi connectivity index (χ2v) is 5.30. The molecule has 0 spiro atoms. The normalized spacial score (nSPS) is 10.7. The summed E-state index contributed by atoms with van der Waals surface area (Å²) in [5.41, 5.74) is 0.919. The summed E-state index contributed by atoms with van der Waals surface area (Å²) >= 11 is 12.0. The fraction of sp³-hybridized carbons (Fsp3) is 0.357. The van der Waals surface area contributed by atoms with Crippen LogP contribution in [0.2, 0.25) is 10.2 Å². The van der Waals surface area contributed by atoms with E-state index in [0.29, 0.717) is 28.2 Å². The number of methoxy groups -OCH3 is 1. The monoisotopic (exact) mass is 329 g/mol. The smallest absolute Gasteiger partial charge is 0.166 e. The van der Waals surface area contributed by atoms with Crippen LogP contribution in [-0.2, 0) is 20.2 Å². The molecule has 0 amide bonds. The molecule has 21 heavy (non-hydrogen) atoms. The first-order valence-electron chi connectivity index (χ1n) is 6.36. The highest BCUT2D eigenvalue weighted by molar-refractivity contribution is 6.30. The number of nitrogens with one attached hydrogen (secondary N) is 1. The van der Waals surface area contributed by atoms with Crippen LogP contribution in [0.3, 0.4) is 0 Å². The molecule has 0 aliphatic rings. The van der Waals surface area contributed by atoms with Crippen molar-refractivity contribution in [3.63, 3.8) is 0 Å². The Morgan fingerprint density at radius 3 is 2.67 bits per heavy atom. The zero-order valence-electron chi connectivity index (χ0n) is 12.1. The van der Waals surface area contributed by atoms with E-state index < -0.39 is 0 Å². The average Bonchev–Trinajstić information content (AvgIpc) is 2.77. The molecule has 0 atom stereocenters. The maximum absolute atomic E-state index is 6.08. The molecule has 1 aromatic carbocycles. The molecule has 0 fully saturated rings. The van der Waals surface area contributed by atoms with E-state index in [4.69, 9.17) is 32.7 Å². The van der Waals surface area contributed by atoms with E-state index in [1.165, 1.54) is 0 Å². The molecule has 0 bridgehead atoms. The van der Waals surface area contributed by atoms with Gasteiger partial charge < -0.3 is 19.4 Å². The van der Waals surface area contributed by atoms with E-state index in [9.17, 15) is 0 Å². The van der Waals surface area contributed by atoms with Gasteiger partial charge in [0.05, 0.1) is 13.3 Å². The summed E-state index contributed by atoms with van der Waals surface area (Å²) in [6.45, 7) is 0.908. The number of ether oxygens (including phenoxy) is 2. The molecule has 2 rings (SSSR count). The SMILES string of the molecule is CNCc1cc(Cl)cc(OC)c1OCc1ncc(Cl)n1C. The van der Waals surface area contributed by atoms with Crippen LogP contribution in [0.25, 0.3) is 0 Å². The quantitative estimate of drug-likeness (QED) is 0.884. The predicted molar refractivity (Wildman–Crippen MR) is 83.3 cm³/mol. The van der Waals surface area contributed by atoms with Crippen molar-refractivity contribution in [2.75, 3.05) is 14.2 Å². The minimum atomic E-state index is 0.290. The maximum atomic E-state index is 6.08. The molecule has 0 aliphatic carbocycles. The summed E-state index contributed by atoms with van der Waals surface area (Å²) in [6, 6.07) is 3.57. The zero-order valence-corrected chi connectivity index (χ0v) is 13.6. The first kappa shape index (κ1) is 15.9. The number of hydrogen-bond donors (Lipinski definition) is 1. The molecule has 0 saturated heterocycles. The Bertz CT molecular complexity index is 629. The highest BCUT2D eigenvalue weighted by Crippen LogP contribution is 2.35. The van der Waals surface area contributed by atoms with E-state index >= 15 is 0 Å². The number of halogens is 2. The van der Waals surface area contributed by atoms with Gasteiger partial charge in [0.25, 0.3) is 0 Å². The zero-order chi connectivity index (χ0) is 15.4. The fourth-order valence-electron chi connectivity index (χ4n) is 1.95. The van der Waals surface area contributed by atoms with Gasteiger partial charge in [0, 0.05) is 30.2 Å². The second-order valence-electron chi connectivity index (χ2n) is 4.47. The highest BCUT2D eigenvalue weighted by Gasteiger charge is 2.14. The Kier molecular flexibility index (Phi) is 5.33. The molecule has 0 radical (unpaired) electrons. The van der Waals surface area contributed by atoms with Gasteiger partial charge >= 0.3 is 0 Å². The van der Waals surface area contributed by atoms with E-state index in [0.717, 1.165) is 11.4 Å². The first-order valence-corrected chi connectivity index (χ1v) is 7.12. The minimum Gasteiger partial charge on any atom is -0.493 e. The summed E-state index contributed by atoms with van der Waals surface area (Å²) in [5, 5.41) is 4.24. The van der Waals surface area contributed by atoms with Gasteiger partial charge in [-0.3, -0.25) is 0 Å². The van der Waals surface area contributed by atoms with Crippen molar-refractivity contribution in [2.45, 2.75) is 13.2 Å². The van der Waals surface area contributed by atoms with Crippen LogP contribution < -0.4 is 14.8 Å². The summed E-state index contributed by atoms with van der Waals surface area (Å²) in [5.74, 6) is 1.97. The molecule has 1 aromatic heterocycles. The third-order valence-corrected chi connectivity index (χ3v) is 3.63. The lowest BCUT2D eigenvalue weighted by molar-refractivity contribution is 0.270. The van der Waals surface area contributed by atoms with Gasteiger partial charge in [-0.25, -0.2) is 4.98 Å². The summed E-state index contributed by atoms with van der Waals surface area (Å²) in [7, 11) is 5.27. The van der Waals surface area contributed by atoms with Gasteiger partial charge in [-0.2, -0.15) is 0 Å². The van der Waals surface area contributed by atoms with Crippen molar-refractivity contribution in [3.05, 3.63) is 39.9 Å². The fourth-order valence-corrected chi connectivity index (χ4v) is 2.33. The second kappa shape index (κ2) is 7.02. The molecule has 7 heteroatoms. The third-order valence-electron chi connectivity index (χ3n) is 3.06. The number of hydrogen-bond acceptors (Lipinski definition) is 4. The van der Waals surface area contributed by atoms with E-state index in [2.05, 4.69) is 10.3 Å². The molecule has 0 unspecified atom stereocenters. The van der Waals surface area contributed by atoms with Gasteiger partial charge in [0.15, 0.2) is 11.5 Å². The van der Waals surface area contributed by atoms with Crippen molar-refractivity contribution < 1.29 is 9.47 Å². The van der Waals surface area contributed by atoms with Crippen LogP contribution >= 0.6 is 23.2 Å². The number of imidazole rings is 1. The van der Waals surface area contributed by atoms with E-state index in [1.54, 1.807) is 23.9 Å². The van der Waals surface area contributed by atoms with Crippen LogP contribution in [0.1, 0.15) is 11.4 Å². The lowest BCUT2D eigenvalue weighted by atomic mass is 10.2. The molecule has 0 saturated carbocycles. The van der Waals surface area contributed by atoms with Crippen molar-refractivity contribution in [3.8, 4) is 11.5 Å². The summed E-state index contributed by atoms with van der Waals surface area (Å²) in [6.07, 6.45) is 1.59. The number of nitrogens with zero attached hydrogens (tertiary/aromatic N) is 2. The van der Waals surface area contributed by atoms with Crippen LogP contribution in [0.5, 0.6) is 11.5 Å². The van der Waals surface area contributed by atoms with Gasteiger partial charge in [-0.15, -0.1) is 0 Å². The first-order chi connectivity index (χ1) is 10.1. The topological polar surface area (TPSA) is 48.3 Å². The van der Waals surface area contributed by atoms with Crippen molar-refractivity contribution in [1.29, 1.82) is 0 Å². The van der Waals surface area contributed by atoms with Crippen LogP contribution in [-0.4, -0.2) is 23.7 Å². The number of rotatable bonds is 6. The van der Waals surface area contributed by atoms with Crippen molar-refractivity contribution >= 4 is 23.2 Å². The average molecular weight is 330 g/mol. The van der Waals surface area contributed by atoms with Gasteiger partial charge in [-0.1, -0.05) is 23.2 Å². The lowest BCUT2D eigenvalue weighted by Gasteiger charge is -2.15. The molecular formula is C14H17Cl2N3O2. The molecule has 114 valence electrons. The Hall–Kier alpha value is -1.43. The summed E-state index contributed by atoms with van der Waals surface area (Å²) in [4.78, 5) is 4.20. The highest BCUT2D eigenvalue weighted by atomic mass is 35.5. The van der Waals surface area contributed by atoms with Gasteiger partial charge in [0.2, 0.25) is 0 Å². The standard InChI is InChI=1S/C14H17Cl2N3O2/c1-17-6-9-4-10(15)5-11(20-3)14(9)21-8-13-18-7-12(16)19(13)2/h4-5,7,17H,6,8H2,1-3H3. The Morgan fingerprint density at radius 2 is 2.10 bits per heavy atom. The van der Waals surface area contributed by atoms with Crippen LogP contribution in [0.4, 0.5) is 0 Å². The largest absolute Gasteiger partial charge is 0.493 e. The Labute approximate surface area is 133 Å².